The molecule has 5 rings (SSSR count). The zero-order valence-corrected chi connectivity index (χ0v) is 16.8. The number of benzene rings is 1. The molecule has 0 bridgehead atoms. The molecule has 29 heavy (non-hydrogen) atoms. The third-order valence-corrected chi connectivity index (χ3v) is 7.18. The van der Waals surface area contributed by atoms with Gasteiger partial charge in [-0.05, 0) is 43.4 Å². The topological polar surface area (TPSA) is 79.1 Å². The van der Waals surface area contributed by atoms with Crippen molar-refractivity contribution in [1.82, 2.24) is 9.80 Å². The van der Waals surface area contributed by atoms with Gasteiger partial charge in [-0.1, -0.05) is 18.6 Å². The number of hydrogen-bond acceptors (Lipinski definition) is 4. The van der Waals surface area contributed by atoms with E-state index in [4.69, 9.17) is 10.5 Å². The highest BCUT2D eigenvalue weighted by Crippen LogP contribution is 2.45. The largest absolute Gasteiger partial charge is 0.379 e. The molecule has 1 aliphatic carbocycles. The number of anilines is 1. The first-order chi connectivity index (χ1) is 14.1. The van der Waals surface area contributed by atoms with E-state index in [-0.39, 0.29) is 17.5 Å². The van der Waals surface area contributed by atoms with Crippen LogP contribution in [0.3, 0.4) is 0 Å². The van der Waals surface area contributed by atoms with Gasteiger partial charge in [0.2, 0.25) is 5.91 Å². The van der Waals surface area contributed by atoms with Gasteiger partial charge in [-0.2, -0.15) is 0 Å². The number of primary amides is 1. The number of hydrogen-bond donors (Lipinski definition) is 1. The number of urea groups is 1. The van der Waals surface area contributed by atoms with E-state index in [0.29, 0.717) is 6.54 Å². The molecule has 155 valence electrons. The number of rotatable bonds is 5. The van der Waals surface area contributed by atoms with Crippen molar-refractivity contribution in [3.8, 4) is 0 Å². The average molecular weight is 397 g/mol. The lowest BCUT2D eigenvalue weighted by atomic mass is 9.64. The minimum Gasteiger partial charge on any atom is -0.379 e. The highest BCUT2D eigenvalue weighted by Gasteiger charge is 2.51. The van der Waals surface area contributed by atoms with Crippen LogP contribution >= 0.6 is 0 Å². The average Bonchev–Trinajstić information content (AvgIpc) is 3.28. The minimum atomic E-state index is -0.623. The molecule has 2 atom stereocenters. The summed E-state index contributed by atoms with van der Waals surface area (Å²) in [6.45, 7) is 5.34. The summed E-state index contributed by atoms with van der Waals surface area (Å²) < 4.78 is 5.49. The van der Waals surface area contributed by atoms with E-state index in [0.717, 1.165) is 45.0 Å². The third-order valence-electron chi connectivity index (χ3n) is 7.18. The van der Waals surface area contributed by atoms with E-state index in [2.05, 4.69) is 17.0 Å². The van der Waals surface area contributed by atoms with Crippen LogP contribution < -0.4 is 10.6 Å². The molecular weight excluding hydrogens is 368 g/mol. The lowest BCUT2D eigenvalue weighted by Gasteiger charge is -2.46. The number of nitrogens with two attached hydrogens (primary N) is 1. The molecule has 1 saturated carbocycles. The Labute approximate surface area is 171 Å². The number of nitrogens with zero attached hydrogens (tertiary/aromatic N) is 3. The first-order valence-corrected chi connectivity index (χ1v) is 10.7. The minimum absolute atomic E-state index is 0.119. The summed E-state index contributed by atoms with van der Waals surface area (Å²) in [6.07, 6.45) is 6.50. The van der Waals surface area contributed by atoms with Gasteiger partial charge >= 0.3 is 6.03 Å². The first kappa shape index (κ1) is 18.9. The van der Waals surface area contributed by atoms with E-state index in [1.807, 2.05) is 18.6 Å². The first-order valence-electron chi connectivity index (χ1n) is 10.7. The summed E-state index contributed by atoms with van der Waals surface area (Å²) in [6, 6.07) is 7.32. The third kappa shape index (κ3) is 3.11. The Morgan fingerprint density at radius 3 is 2.48 bits per heavy atom. The van der Waals surface area contributed by atoms with Gasteiger partial charge in [0, 0.05) is 37.3 Å². The number of carbonyl (C=O) groups excluding carboxylic acids is 2. The molecule has 4 fully saturated rings. The second-order valence-corrected chi connectivity index (χ2v) is 8.78. The molecule has 2 N–H and O–H groups in total. The summed E-state index contributed by atoms with van der Waals surface area (Å²) in [7, 11) is 0. The smallest absolute Gasteiger partial charge is 0.325 e. The Kier molecular flexibility index (Phi) is 4.75. The van der Waals surface area contributed by atoms with E-state index < -0.39 is 11.9 Å². The molecule has 1 aromatic rings. The lowest BCUT2D eigenvalue weighted by Crippen LogP contribution is -2.49. The predicted molar refractivity (Wildman–Crippen MR) is 109 cm³/mol. The molecule has 4 aliphatic rings. The van der Waals surface area contributed by atoms with Crippen molar-refractivity contribution in [3.05, 3.63) is 36.2 Å². The van der Waals surface area contributed by atoms with E-state index in [1.54, 1.807) is 9.80 Å². The highest BCUT2D eigenvalue weighted by atomic mass is 16.5. The summed E-state index contributed by atoms with van der Waals surface area (Å²) in [5, 5.41) is 0. The van der Waals surface area contributed by atoms with E-state index in [1.165, 1.54) is 24.8 Å². The van der Waals surface area contributed by atoms with Crippen molar-refractivity contribution in [2.24, 2.45) is 5.73 Å². The van der Waals surface area contributed by atoms with Crippen LogP contribution in [-0.2, 0) is 14.9 Å². The van der Waals surface area contributed by atoms with Crippen LogP contribution in [-0.4, -0.2) is 73.2 Å². The predicted octanol–water partition coefficient (Wildman–Crippen LogP) is 1.51. The molecule has 1 radical (unpaired) electrons. The molecule has 3 aliphatic heterocycles. The molecule has 3 heterocycles. The quantitative estimate of drug-likeness (QED) is 0.817. The monoisotopic (exact) mass is 397 g/mol. The van der Waals surface area contributed by atoms with Gasteiger partial charge in [-0.15, -0.1) is 0 Å². The maximum Gasteiger partial charge on any atom is 0.325 e. The molecule has 7 nitrogen and oxygen atoms in total. The van der Waals surface area contributed by atoms with Crippen LogP contribution in [0.2, 0.25) is 0 Å². The molecule has 0 spiro atoms. The van der Waals surface area contributed by atoms with Gasteiger partial charge in [0.1, 0.15) is 6.04 Å². The Morgan fingerprint density at radius 1 is 1.14 bits per heavy atom. The Bertz CT molecular complexity index is 786. The van der Waals surface area contributed by atoms with Gasteiger partial charge in [-0.25, -0.2) is 4.79 Å². The summed E-state index contributed by atoms with van der Waals surface area (Å²) in [4.78, 5) is 30.9. The van der Waals surface area contributed by atoms with Gasteiger partial charge in [0.05, 0.1) is 19.3 Å². The molecule has 3 saturated heterocycles. The van der Waals surface area contributed by atoms with Gasteiger partial charge in [0.25, 0.3) is 0 Å². The Balaban J connectivity index is 1.38. The number of carbonyl (C=O) groups is 2. The SMILES string of the molecule is NC(=O)C1[C@H]2[CH]CCN2C(=O)N1c1ccc(C2(CN3CCOCC3)CCC2)cc1. The van der Waals surface area contributed by atoms with E-state index in [9.17, 15) is 9.59 Å². The molecular formula is C22H29N4O3. The van der Waals surface area contributed by atoms with Gasteiger partial charge in [0.15, 0.2) is 0 Å². The molecule has 3 amide bonds. The Morgan fingerprint density at radius 2 is 1.86 bits per heavy atom. The zero-order chi connectivity index (χ0) is 20.0. The van der Waals surface area contributed by atoms with Crippen LogP contribution in [0.25, 0.3) is 0 Å². The maximum absolute atomic E-state index is 12.9. The number of morpholine rings is 1. The maximum atomic E-state index is 12.9. The summed E-state index contributed by atoms with van der Waals surface area (Å²) in [5.74, 6) is -0.448. The number of ether oxygens (including phenoxy) is 1. The van der Waals surface area contributed by atoms with Gasteiger partial charge in [-0.3, -0.25) is 14.6 Å². The van der Waals surface area contributed by atoms with Crippen molar-refractivity contribution >= 4 is 17.6 Å². The summed E-state index contributed by atoms with van der Waals surface area (Å²) >= 11 is 0. The number of amides is 3. The van der Waals surface area contributed by atoms with Crippen LogP contribution in [0.5, 0.6) is 0 Å². The van der Waals surface area contributed by atoms with Crippen LogP contribution in [0.15, 0.2) is 24.3 Å². The zero-order valence-electron chi connectivity index (χ0n) is 16.8. The van der Waals surface area contributed by atoms with Crippen LogP contribution in [0, 0.1) is 6.42 Å². The van der Waals surface area contributed by atoms with E-state index >= 15 is 0 Å². The van der Waals surface area contributed by atoms with Crippen LogP contribution in [0.1, 0.15) is 31.2 Å². The molecule has 7 heteroatoms. The van der Waals surface area contributed by atoms with Crippen molar-refractivity contribution in [3.63, 3.8) is 0 Å². The fourth-order valence-corrected chi connectivity index (χ4v) is 5.46. The molecule has 1 unspecified atom stereocenters. The fraction of sp³-hybridized carbons (Fsp3) is 0.591. The molecule has 0 aromatic heterocycles. The fourth-order valence-electron chi connectivity index (χ4n) is 5.46. The second-order valence-electron chi connectivity index (χ2n) is 8.78. The highest BCUT2D eigenvalue weighted by molar-refractivity contribution is 6.04. The van der Waals surface area contributed by atoms with Crippen LogP contribution in [0.4, 0.5) is 10.5 Å². The summed E-state index contributed by atoms with van der Waals surface area (Å²) in [5.41, 5.74) is 7.96. The van der Waals surface area contributed by atoms with Crippen molar-refractivity contribution in [2.75, 3.05) is 44.3 Å². The van der Waals surface area contributed by atoms with Crippen molar-refractivity contribution in [2.45, 2.75) is 43.2 Å². The normalized spacial score (nSPS) is 29.0. The van der Waals surface area contributed by atoms with Crippen molar-refractivity contribution < 1.29 is 14.3 Å². The standard InChI is InChI=1S/C22H29N4O3/c23-20(27)19-18-3-1-10-25(18)21(28)26(19)17-6-4-16(5-7-17)22(8-2-9-22)15-24-11-13-29-14-12-24/h3-7,18-19H,1-2,8-15H2,(H2,23,27)/t18-,19?/m1/s1. The Hall–Kier alpha value is -2.12. The lowest BCUT2D eigenvalue weighted by molar-refractivity contribution is -0.119. The number of fused-ring (bicyclic) bond motifs is 1. The second kappa shape index (κ2) is 7.29. The van der Waals surface area contributed by atoms with Crippen molar-refractivity contribution in [1.29, 1.82) is 0 Å². The molecule has 1 aromatic carbocycles. The van der Waals surface area contributed by atoms with Gasteiger partial charge < -0.3 is 15.4 Å².